The van der Waals surface area contributed by atoms with Crippen LogP contribution in [0.4, 0.5) is 0 Å². The van der Waals surface area contributed by atoms with Gasteiger partial charge in [-0.15, -0.1) is 0 Å². The van der Waals surface area contributed by atoms with Gasteiger partial charge in [0, 0.05) is 6.42 Å². The van der Waals surface area contributed by atoms with E-state index in [2.05, 4.69) is 0 Å². The lowest BCUT2D eigenvalue weighted by molar-refractivity contribution is -0.348. The van der Waals surface area contributed by atoms with Gasteiger partial charge < -0.3 is 44.5 Å². The molecule has 0 unspecified atom stereocenters. The average Bonchev–Trinajstić information content (AvgIpc) is 3.10. The van der Waals surface area contributed by atoms with Gasteiger partial charge in [-0.05, 0) is 13.0 Å². The maximum Gasteiger partial charge on any atom is 0.210 e. The summed E-state index contributed by atoms with van der Waals surface area (Å²) in [5.74, 6) is -0.535. The summed E-state index contributed by atoms with van der Waals surface area (Å²) in [5, 5.41) is 49.8. The third-order valence-corrected chi connectivity index (χ3v) is 5.60. The Bertz CT molecular complexity index is 539. The smallest absolute Gasteiger partial charge is 0.210 e. The first-order valence-electron chi connectivity index (χ1n) is 7.99. The van der Waals surface area contributed by atoms with Crippen molar-refractivity contribution in [2.75, 3.05) is 6.61 Å². The highest BCUT2D eigenvalue weighted by Gasteiger charge is 2.74. The summed E-state index contributed by atoms with van der Waals surface area (Å²) in [6.45, 7) is 1.30. The van der Waals surface area contributed by atoms with Crippen molar-refractivity contribution in [3.63, 3.8) is 0 Å². The van der Waals surface area contributed by atoms with Gasteiger partial charge in [-0.2, -0.15) is 0 Å². The Kier molecular flexibility index (Phi) is 3.72. The number of aliphatic hydroxyl groups excluding tert-OH is 4. The fraction of sp³-hybridized carbons (Fsp3) is 0.867. The number of rotatable bonds is 3. The fourth-order valence-electron chi connectivity index (χ4n) is 4.12. The van der Waals surface area contributed by atoms with E-state index in [1.807, 2.05) is 6.92 Å². The van der Waals surface area contributed by atoms with E-state index in [1.54, 1.807) is 6.08 Å². The summed E-state index contributed by atoms with van der Waals surface area (Å²) in [5.41, 5.74) is -1.74. The molecule has 0 radical (unpaired) electrons. The molecule has 24 heavy (non-hydrogen) atoms. The van der Waals surface area contributed by atoms with Gasteiger partial charge in [0.1, 0.15) is 35.6 Å². The molecule has 0 amide bonds. The number of hydrogen-bond donors (Lipinski definition) is 5. The molecule has 9 heteroatoms. The van der Waals surface area contributed by atoms with Crippen LogP contribution in [0.1, 0.15) is 13.3 Å². The standard InChI is InChI=1S/C15H22O9/c1-14-7(24-14)4-15(20)2-3-21-13(11(14)15)23-12-10(19)9(18)8(17)6(5-16)22-12/h2-3,6-13,16-20H,4-5H2,1H3/t6-,7+,8-,9-,10+,11-,12+,13+,14+,15+/m1/s1. The minimum atomic E-state index is -1.54. The van der Waals surface area contributed by atoms with Crippen LogP contribution >= 0.6 is 0 Å². The van der Waals surface area contributed by atoms with Crippen LogP contribution in [0, 0.1) is 5.92 Å². The highest BCUT2D eigenvalue weighted by molar-refractivity contribution is 5.26. The average molecular weight is 346 g/mol. The van der Waals surface area contributed by atoms with E-state index < -0.39 is 60.7 Å². The van der Waals surface area contributed by atoms with E-state index in [4.69, 9.17) is 18.9 Å². The zero-order chi connectivity index (χ0) is 17.3. The molecule has 3 aliphatic heterocycles. The Morgan fingerprint density at radius 1 is 1.17 bits per heavy atom. The minimum Gasteiger partial charge on any atom is -0.472 e. The molecule has 9 nitrogen and oxygen atoms in total. The molecule has 136 valence electrons. The monoisotopic (exact) mass is 346 g/mol. The van der Waals surface area contributed by atoms with Crippen LogP contribution in [-0.4, -0.2) is 86.4 Å². The zero-order valence-corrected chi connectivity index (χ0v) is 13.1. The molecule has 0 aromatic heterocycles. The van der Waals surface area contributed by atoms with Crippen molar-refractivity contribution in [3.8, 4) is 0 Å². The second-order valence-corrected chi connectivity index (χ2v) is 7.10. The first-order chi connectivity index (χ1) is 11.3. The number of hydrogen-bond acceptors (Lipinski definition) is 9. The SMILES string of the molecule is C[C@]12O[C@H]1C[C@@]1(O)C=CO[C@@H](O[C@@H]3O[C@H](CO)[C@@H](O)[C@@H](O)[C@@H]3O)[C@H]21. The number of fused-ring (bicyclic) bond motifs is 3. The summed E-state index contributed by atoms with van der Waals surface area (Å²) in [4.78, 5) is 0. The molecule has 5 N–H and O–H groups in total. The number of ether oxygens (including phenoxy) is 4. The summed E-state index contributed by atoms with van der Waals surface area (Å²) >= 11 is 0. The van der Waals surface area contributed by atoms with E-state index in [1.165, 1.54) is 6.26 Å². The molecule has 0 bridgehead atoms. The van der Waals surface area contributed by atoms with E-state index >= 15 is 0 Å². The summed E-state index contributed by atoms with van der Waals surface area (Å²) in [6.07, 6.45) is -4.70. The van der Waals surface area contributed by atoms with Gasteiger partial charge in [-0.3, -0.25) is 0 Å². The highest BCUT2D eigenvalue weighted by Crippen LogP contribution is 2.61. The molecule has 1 aliphatic carbocycles. The van der Waals surface area contributed by atoms with Gasteiger partial charge in [0.15, 0.2) is 6.29 Å². The molecule has 4 aliphatic rings. The molecule has 0 aromatic carbocycles. The van der Waals surface area contributed by atoms with Crippen molar-refractivity contribution in [2.45, 2.75) is 67.6 Å². The molecule has 2 saturated heterocycles. The molecule has 0 aromatic rings. The van der Waals surface area contributed by atoms with E-state index in [-0.39, 0.29) is 6.10 Å². The van der Waals surface area contributed by atoms with Crippen LogP contribution in [0.15, 0.2) is 12.3 Å². The van der Waals surface area contributed by atoms with Crippen molar-refractivity contribution >= 4 is 0 Å². The molecule has 3 heterocycles. The number of epoxide rings is 1. The minimum absolute atomic E-state index is 0.0975. The van der Waals surface area contributed by atoms with E-state index in [0.29, 0.717) is 6.42 Å². The Morgan fingerprint density at radius 2 is 1.92 bits per heavy atom. The largest absolute Gasteiger partial charge is 0.472 e. The third kappa shape index (κ3) is 2.24. The predicted molar refractivity (Wildman–Crippen MR) is 75.2 cm³/mol. The van der Waals surface area contributed by atoms with Crippen molar-refractivity contribution < 1.29 is 44.5 Å². The van der Waals surface area contributed by atoms with Gasteiger partial charge in [0.25, 0.3) is 0 Å². The fourth-order valence-corrected chi connectivity index (χ4v) is 4.12. The van der Waals surface area contributed by atoms with Gasteiger partial charge in [0.2, 0.25) is 6.29 Å². The molecule has 3 fully saturated rings. The molecular weight excluding hydrogens is 324 g/mol. The predicted octanol–water partition coefficient (Wildman–Crippen LogP) is -2.42. The normalized spacial score (nSPS) is 58.8. The second-order valence-electron chi connectivity index (χ2n) is 7.10. The van der Waals surface area contributed by atoms with Crippen LogP contribution in [0.2, 0.25) is 0 Å². The van der Waals surface area contributed by atoms with Crippen molar-refractivity contribution in [2.24, 2.45) is 5.92 Å². The zero-order valence-electron chi connectivity index (χ0n) is 13.1. The van der Waals surface area contributed by atoms with Gasteiger partial charge in [0.05, 0.1) is 24.9 Å². The van der Waals surface area contributed by atoms with Crippen molar-refractivity contribution in [1.29, 1.82) is 0 Å². The molecule has 0 spiro atoms. The van der Waals surface area contributed by atoms with Crippen LogP contribution in [-0.2, 0) is 18.9 Å². The van der Waals surface area contributed by atoms with Crippen LogP contribution in [0.25, 0.3) is 0 Å². The highest BCUT2D eigenvalue weighted by atomic mass is 16.8. The van der Waals surface area contributed by atoms with E-state index in [9.17, 15) is 25.5 Å². The second kappa shape index (κ2) is 5.36. The van der Waals surface area contributed by atoms with Gasteiger partial charge >= 0.3 is 0 Å². The summed E-state index contributed by atoms with van der Waals surface area (Å²) < 4.78 is 22.1. The Morgan fingerprint density at radius 3 is 2.62 bits per heavy atom. The van der Waals surface area contributed by atoms with E-state index in [0.717, 1.165) is 0 Å². The third-order valence-electron chi connectivity index (χ3n) is 5.60. The van der Waals surface area contributed by atoms with Crippen molar-refractivity contribution in [1.82, 2.24) is 0 Å². The van der Waals surface area contributed by atoms with Gasteiger partial charge in [-0.1, -0.05) is 0 Å². The maximum atomic E-state index is 10.8. The molecular formula is C15H22O9. The lowest BCUT2D eigenvalue weighted by Crippen LogP contribution is -2.61. The first kappa shape index (κ1) is 16.7. The lowest BCUT2D eigenvalue weighted by atomic mass is 9.83. The topological polar surface area (TPSA) is 141 Å². The Hall–Kier alpha value is -0.780. The van der Waals surface area contributed by atoms with Gasteiger partial charge in [-0.25, -0.2) is 0 Å². The van der Waals surface area contributed by atoms with Crippen LogP contribution < -0.4 is 0 Å². The maximum absolute atomic E-state index is 10.8. The van der Waals surface area contributed by atoms with Crippen LogP contribution in [0.5, 0.6) is 0 Å². The lowest BCUT2D eigenvalue weighted by Gasteiger charge is -2.44. The Balaban J connectivity index is 1.53. The summed E-state index contributed by atoms with van der Waals surface area (Å²) in [7, 11) is 0. The van der Waals surface area contributed by atoms with Crippen LogP contribution in [0.3, 0.4) is 0 Å². The molecule has 4 rings (SSSR count). The summed E-state index contributed by atoms with van der Waals surface area (Å²) in [6, 6.07) is 0. The molecule has 10 atom stereocenters. The number of aliphatic hydroxyl groups is 5. The quantitative estimate of drug-likeness (QED) is 0.353. The first-order valence-corrected chi connectivity index (χ1v) is 7.99. The Labute approximate surface area is 138 Å². The molecule has 1 saturated carbocycles. The van der Waals surface area contributed by atoms with Crippen molar-refractivity contribution in [3.05, 3.63) is 12.3 Å².